The van der Waals surface area contributed by atoms with Crippen molar-refractivity contribution in [3.8, 4) is 5.75 Å². The van der Waals surface area contributed by atoms with Gasteiger partial charge in [0, 0.05) is 13.1 Å². The molecule has 1 heterocycles. The van der Waals surface area contributed by atoms with Crippen LogP contribution < -0.4 is 10.1 Å². The molecule has 1 aromatic rings. The summed E-state index contributed by atoms with van der Waals surface area (Å²) in [7, 11) is 0. The highest BCUT2D eigenvalue weighted by atomic mass is 19.1. The largest absolute Gasteiger partial charge is 0.491 e. The number of nitrogens with one attached hydrogen (secondary N) is 1. The summed E-state index contributed by atoms with van der Waals surface area (Å²) in [6.45, 7) is 5.38. The van der Waals surface area contributed by atoms with Gasteiger partial charge in [-0.25, -0.2) is 9.18 Å². The Morgan fingerprint density at radius 3 is 2.83 bits per heavy atom. The van der Waals surface area contributed by atoms with E-state index in [9.17, 15) is 9.18 Å². The normalized spacial score (nSPS) is 18.9. The Hall–Kier alpha value is -1.78. The number of hydrogen-bond donors (Lipinski definition) is 1. The van der Waals surface area contributed by atoms with Gasteiger partial charge in [0.2, 0.25) is 0 Å². The van der Waals surface area contributed by atoms with Gasteiger partial charge >= 0.3 is 6.03 Å². The summed E-state index contributed by atoms with van der Waals surface area (Å²) in [5.74, 6) is -0.142. The van der Waals surface area contributed by atoms with Crippen LogP contribution in [0.15, 0.2) is 18.2 Å². The van der Waals surface area contributed by atoms with Gasteiger partial charge in [0.05, 0.1) is 12.6 Å². The molecule has 5 heteroatoms. The molecule has 1 unspecified atom stereocenters. The van der Waals surface area contributed by atoms with E-state index in [4.69, 9.17) is 4.74 Å². The van der Waals surface area contributed by atoms with Crippen LogP contribution in [0.2, 0.25) is 0 Å². The van der Waals surface area contributed by atoms with Crippen LogP contribution in [-0.2, 0) is 0 Å². The fourth-order valence-electron chi connectivity index (χ4n) is 2.06. The standard InChI is InChI=1S/C13H17FN2O2/c1-3-16-8-11(15-13(16)17)9-5-6-12(18-4-2)10(14)7-9/h5-7,11H,3-4,8H2,1-2H3,(H,15,17). The molecule has 1 fully saturated rings. The van der Waals surface area contributed by atoms with Gasteiger partial charge in [0.1, 0.15) is 0 Å². The van der Waals surface area contributed by atoms with Crippen LogP contribution in [0.4, 0.5) is 9.18 Å². The third-order valence-corrected chi connectivity index (χ3v) is 3.03. The molecule has 98 valence electrons. The van der Waals surface area contributed by atoms with Crippen LogP contribution in [0.25, 0.3) is 0 Å². The lowest BCUT2D eigenvalue weighted by Gasteiger charge is -2.12. The molecule has 18 heavy (non-hydrogen) atoms. The Morgan fingerprint density at radius 2 is 2.28 bits per heavy atom. The molecule has 1 aliphatic heterocycles. The van der Waals surface area contributed by atoms with Crippen molar-refractivity contribution in [3.63, 3.8) is 0 Å². The smallest absolute Gasteiger partial charge is 0.318 e. The summed E-state index contributed by atoms with van der Waals surface area (Å²) in [4.78, 5) is 13.2. The minimum absolute atomic E-state index is 0.100. The molecule has 2 amide bonds. The Labute approximate surface area is 106 Å². The topological polar surface area (TPSA) is 41.6 Å². The molecule has 4 nitrogen and oxygen atoms in total. The number of nitrogens with zero attached hydrogens (tertiary/aromatic N) is 1. The number of rotatable bonds is 4. The Balaban J connectivity index is 2.15. The van der Waals surface area contributed by atoms with Crippen LogP contribution >= 0.6 is 0 Å². The van der Waals surface area contributed by atoms with E-state index >= 15 is 0 Å². The molecule has 1 N–H and O–H groups in total. The molecule has 1 saturated heterocycles. The number of carbonyl (C=O) groups is 1. The quantitative estimate of drug-likeness (QED) is 0.893. The maximum absolute atomic E-state index is 13.7. The number of carbonyl (C=O) groups excluding carboxylic acids is 1. The first-order valence-electron chi connectivity index (χ1n) is 6.13. The van der Waals surface area contributed by atoms with E-state index in [0.29, 0.717) is 19.7 Å². The summed E-state index contributed by atoms with van der Waals surface area (Å²) in [6.07, 6.45) is 0. The second-order valence-corrected chi connectivity index (χ2v) is 4.16. The Morgan fingerprint density at radius 1 is 1.50 bits per heavy atom. The summed E-state index contributed by atoms with van der Waals surface area (Å²) < 4.78 is 18.9. The molecule has 0 radical (unpaired) electrons. The van der Waals surface area contributed by atoms with Crippen molar-refractivity contribution in [1.29, 1.82) is 0 Å². The van der Waals surface area contributed by atoms with Gasteiger partial charge in [-0.15, -0.1) is 0 Å². The van der Waals surface area contributed by atoms with E-state index in [1.807, 2.05) is 13.8 Å². The summed E-state index contributed by atoms with van der Waals surface area (Å²) in [5.41, 5.74) is 0.764. The first-order valence-corrected chi connectivity index (χ1v) is 6.13. The Bertz CT molecular complexity index is 451. The zero-order chi connectivity index (χ0) is 13.1. The average Bonchev–Trinajstić information content (AvgIpc) is 2.73. The molecule has 0 saturated carbocycles. The molecule has 0 spiro atoms. The average molecular weight is 252 g/mol. The Kier molecular flexibility index (Phi) is 3.69. The van der Waals surface area contributed by atoms with Crippen molar-refractivity contribution in [2.45, 2.75) is 19.9 Å². The SMILES string of the molecule is CCOc1ccc(C2CN(CC)C(=O)N2)cc1F. The van der Waals surface area contributed by atoms with Crippen molar-refractivity contribution >= 4 is 6.03 Å². The molecule has 2 rings (SSSR count). The number of benzene rings is 1. The highest BCUT2D eigenvalue weighted by Crippen LogP contribution is 2.25. The molecule has 0 aliphatic carbocycles. The highest BCUT2D eigenvalue weighted by Gasteiger charge is 2.28. The van der Waals surface area contributed by atoms with Crippen molar-refractivity contribution in [2.24, 2.45) is 0 Å². The van der Waals surface area contributed by atoms with Crippen molar-refractivity contribution in [3.05, 3.63) is 29.6 Å². The second kappa shape index (κ2) is 5.25. The predicted molar refractivity (Wildman–Crippen MR) is 66.1 cm³/mol. The predicted octanol–water partition coefficient (Wildman–Crippen LogP) is 2.31. The van der Waals surface area contributed by atoms with Gasteiger partial charge in [-0.05, 0) is 31.5 Å². The highest BCUT2D eigenvalue weighted by molar-refractivity contribution is 5.77. The van der Waals surface area contributed by atoms with Gasteiger partial charge in [0.15, 0.2) is 11.6 Å². The molecule has 1 aromatic carbocycles. The lowest BCUT2D eigenvalue weighted by molar-refractivity contribution is 0.219. The zero-order valence-corrected chi connectivity index (χ0v) is 10.6. The van der Waals surface area contributed by atoms with Crippen LogP contribution in [0, 0.1) is 5.82 Å². The third kappa shape index (κ3) is 2.39. The van der Waals surface area contributed by atoms with E-state index < -0.39 is 5.82 Å². The first-order chi connectivity index (χ1) is 8.65. The molecule has 1 aliphatic rings. The van der Waals surface area contributed by atoms with Gasteiger partial charge in [-0.2, -0.15) is 0 Å². The fraction of sp³-hybridized carbons (Fsp3) is 0.462. The number of urea groups is 1. The number of amides is 2. The van der Waals surface area contributed by atoms with Gasteiger partial charge in [-0.3, -0.25) is 0 Å². The number of hydrogen-bond acceptors (Lipinski definition) is 2. The maximum atomic E-state index is 13.7. The maximum Gasteiger partial charge on any atom is 0.318 e. The number of ether oxygens (including phenoxy) is 1. The minimum Gasteiger partial charge on any atom is -0.491 e. The van der Waals surface area contributed by atoms with Gasteiger partial charge in [0.25, 0.3) is 0 Å². The number of halogens is 1. The van der Waals surface area contributed by atoms with E-state index in [1.54, 1.807) is 17.0 Å². The second-order valence-electron chi connectivity index (χ2n) is 4.16. The first kappa shape index (κ1) is 12.7. The van der Waals surface area contributed by atoms with Crippen LogP contribution in [0.1, 0.15) is 25.5 Å². The van der Waals surface area contributed by atoms with Gasteiger partial charge < -0.3 is 15.0 Å². The van der Waals surface area contributed by atoms with Crippen molar-refractivity contribution < 1.29 is 13.9 Å². The fourth-order valence-corrected chi connectivity index (χ4v) is 2.06. The lowest BCUT2D eigenvalue weighted by atomic mass is 10.1. The van der Waals surface area contributed by atoms with Crippen LogP contribution in [-0.4, -0.2) is 30.6 Å². The molecule has 0 bridgehead atoms. The lowest BCUT2D eigenvalue weighted by Crippen LogP contribution is -2.27. The molecule has 1 atom stereocenters. The monoisotopic (exact) mass is 252 g/mol. The number of likely N-dealkylation sites (N-methyl/N-ethyl adjacent to an activating group) is 1. The van der Waals surface area contributed by atoms with E-state index in [-0.39, 0.29) is 17.8 Å². The molecular formula is C13H17FN2O2. The summed E-state index contributed by atoms with van der Waals surface area (Å²) in [5, 5.41) is 2.83. The van der Waals surface area contributed by atoms with E-state index in [0.717, 1.165) is 5.56 Å². The molecule has 0 aromatic heterocycles. The van der Waals surface area contributed by atoms with Crippen LogP contribution in [0.3, 0.4) is 0 Å². The minimum atomic E-state index is -0.390. The van der Waals surface area contributed by atoms with E-state index in [2.05, 4.69) is 5.32 Å². The van der Waals surface area contributed by atoms with Crippen LogP contribution in [0.5, 0.6) is 5.75 Å². The zero-order valence-electron chi connectivity index (χ0n) is 10.6. The van der Waals surface area contributed by atoms with Gasteiger partial charge in [-0.1, -0.05) is 6.07 Å². The third-order valence-electron chi connectivity index (χ3n) is 3.03. The summed E-state index contributed by atoms with van der Waals surface area (Å²) in [6, 6.07) is 4.57. The molecular weight excluding hydrogens is 235 g/mol. The summed E-state index contributed by atoms with van der Waals surface area (Å²) >= 11 is 0. The van der Waals surface area contributed by atoms with Crippen molar-refractivity contribution in [2.75, 3.05) is 19.7 Å². The van der Waals surface area contributed by atoms with E-state index in [1.165, 1.54) is 6.07 Å². The van der Waals surface area contributed by atoms with Crippen molar-refractivity contribution in [1.82, 2.24) is 10.2 Å².